The number of nitrogens with one attached hydrogen (secondary N) is 2. The van der Waals surface area contributed by atoms with Gasteiger partial charge in [-0.2, -0.15) is 10.1 Å². The molecule has 3 aromatic rings. The molecule has 0 spiro atoms. The maximum absolute atomic E-state index is 4.77. The number of likely N-dealkylation sites (N-methyl/N-ethyl adjacent to an activating group) is 1. The largest absolute Gasteiger partial charge is 0.354 e. The van der Waals surface area contributed by atoms with E-state index in [4.69, 9.17) is 4.98 Å². The van der Waals surface area contributed by atoms with Gasteiger partial charge >= 0.3 is 0 Å². The number of imidazole rings is 1. The van der Waals surface area contributed by atoms with Crippen molar-refractivity contribution in [2.24, 2.45) is 0 Å². The summed E-state index contributed by atoms with van der Waals surface area (Å²) in [6, 6.07) is 3.90. The van der Waals surface area contributed by atoms with Gasteiger partial charge in [-0.3, -0.25) is 9.50 Å². The summed E-state index contributed by atoms with van der Waals surface area (Å²) in [5, 5.41) is 10.1. The Morgan fingerprint density at radius 1 is 1.18 bits per heavy atom. The highest BCUT2D eigenvalue weighted by molar-refractivity contribution is 5.60. The van der Waals surface area contributed by atoms with E-state index in [9.17, 15) is 0 Å². The van der Waals surface area contributed by atoms with E-state index in [-0.39, 0.29) is 0 Å². The SMILES string of the molecule is CN1CCN(c2cc3nccn3c(Nc3ccn[nH]3)n2)CC1. The highest BCUT2D eigenvalue weighted by atomic mass is 15.3. The maximum atomic E-state index is 4.77. The van der Waals surface area contributed by atoms with E-state index in [1.54, 1.807) is 12.4 Å². The molecule has 1 saturated heterocycles. The summed E-state index contributed by atoms with van der Waals surface area (Å²) in [4.78, 5) is 13.8. The molecule has 4 heterocycles. The monoisotopic (exact) mass is 298 g/mol. The third-order valence-electron chi connectivity index (χ3n) is 3.95. The van der Waals surface area contributed by atoms with Gasteiger partial charge in [0.05, 0.1) is 6.20 Å². The van der Waals surface area contributed by atoms with E-state index in [2.05, 4.69) is 37.3 Å². The molecule has 0 atom stereocenters. The van der Waals surface area contributed by atoms with Gasteiger partial charge < -0.3 is 15.1 Å². The average molecular weight is 298 g/mol. The van der Waals surface area contributed by atoms with E-state index < -0.39 is 0 Å². The summed E-state index contributed by atoms with van der Waals surface area (Å²) < 4.78 is 1.93. The highest BCUT2D eigenvalue weighted by Gasteiger charge is 2.17. The minimum absolute atomic E-state index is 0.730. The van der Waals surface area contributed by atoms with Gasteiger partial charge in [0.15, 0.2) is 0 Å². The van der Waals surface area contributed by atoms with Crippen molar-refractivity contribution < 1.29 is 0 Å². The molecule has 0 aliphatic carbocycles. The molecule has 0 unspecified atom stereocenters. The van der Waals surface area contributed by atoms with Crippen molar-refractivity contribution in [2.75, 3.05) is 43.4 Å². The molecule has 4 rings (SSSR count). The molecule has 1 aliphatic rings. The Labute approximate surface area is 127 Å². The second-order valence-electron chi connectivity index (χ2n) is 5.48. The van der Waals surface area contributed by atoms with Crippen molar-refractivity contribution in [3.63, 3.8) is 0 Å². The molecule has 8 heteroatoms. The second kappa shape index (κ2) is 5.30. The van der Waals surface area contributed by atoms with Gasteiger partial charge in [-0.15, -0.1) is 0 Å². The lowest BCUT2D eigenvalue weighted by Gasteiger charge is -2.33. The number of piperazine rings is 1. The Kier molecular flexibility index (Phi) is 3.15. The average Bonchev–Trinajstić information content (AvgIpc) is 3.19. The van der Waals surface area contributed by atoms with Crippen LogP contribution in [0.5, 0.6) is 0 Å². The predicted octanol–water partition coefficient (Wildman–Crippen LogP) is 0.948. The minimum atomic E-state index is 0.730. The van der Waals surface area contributed by atoms with E-state index in [1.165, 1.54) is 0 Å². The molecule has 3 aromatic heterocycles. The van der Waals surface area contributed by atoms with Gasteiger partial charge in [0.1, 0.15) is 17.3 Å². The molecule has 0 saturated carbocycles. The standard InChI is InChI=1S/C14H18N8/c1-20-6-8-21(9-7-20)13-10-12-15-4-5-22(12)14(18-13)17-11-2-3-16-19-11/h2-5,10H,6-9H2,1H3,(H2,16,17,18,19). The molecule has 8 nitrogen and oxygen atoms in total. The number of H-pyrrole nitrogens is 1. The van der Waals surface area contributed by atoms with Crippen LogP contribution in [0.25, 0.3) is 5.65 Å². The number of aromatic nitrogens is 5. The van der Waals surface area contributed by atoms with Crippen LogP contribution < -0.4 is 10.2 Å². The maximum Gasteiger partial charge on any atom is 0.216 e. The third-order valence-corrected chi connectivity index (χ3v) is 3.95. The van der Waals surface area contributed by atoms with E-state index in [0.717, 1.165) is 49.4 Å². The lowest BCUT2D eigenvalue weighted by atomic mass is 10.3. The Bertz CT molecular complexity index is 754. The highest BCUT2D eigenvalue weighted by Crippen LogP contribution is 2.21. The normalized spacial score (nSPS) is 16.3. The quantitative estimate of drug-likeness (QED) is 0.749. The van der Waals surface area contributed by atoms with Gasteiger partial charge in [0.25, 0.3) is 0 Å². The molecule has 114 valence electrons. The lowest BCUT2D eigenvalue weighted by molar-refractivity contribution is 0.312. The zero-order valence-corrected chi connectivity index (χ0v) is 12.4. The first-order valence-corrected chi connectivity index (χ1v) is 7.33. The van der Waals surface area contributed by atoms with Crippen LogP contribution in [-0.4, -0.2) is 62.7 Å². The van der Waals surface area contributed by atoms with Crippen LogP contribution in [0.2, 0.25) is 0 Å². The zero-order valence-electron chi connectivity index (χ0n) is 12.4. The number of hydrogen-bond acceptors (Lipinski definition) is 6. The smallest absolute Gasteiger partial charge is 0.216 e. The van der Waals surface area contributed by atoms with Crippen molar-refractivity contribution in [1.82, 2.24) is 29.5 Å². The number of rotatable bonds is 3. The summed E-state index contributed by atoms with van der Waals surface area (Å²) in [6.45, 7) is 4.04. The molecule has 0 radical (unpaired) electrons. The van der Waals surface area contributed by atoms with Crippen LogP contribution in [0.3, 0.4) is 0 Å². The first-order valence-electron chi connectivity index (χ1n) is 7.33. The Morgan fingerprint density at radius 2 is 2.05 bits per heavy atom. The molecule has 1 aliphatic heterocycles. The molecule has 0 amide bonds. The number of fused-ring (bicyclic) bond motifs is 1. The Balaban J connectivity index is 1.70. The molecule has 0 bridgehead atoms. The van der Waals surface area contributed by atoms with Gasteiger partial charge in [0.2, 0.25) is 5.95 Å². The predicted molar refractivity (Wildman–Crippen MR) is 84.6 cm³/mol. The molecular formula is C14H18N8. The molecule has 0 aromatic carbocycles. The summed E-state index contributed by atoms with van der Waals surface area (Å²) in [7, 11) is 2.15. The van der Waals surface area contributed by atoms with Gasteiger partial charge in [-0.05, 0) is 7.05 Å². The van der Waals surface area contributed by atoms with Crippen LogP contribution in [0.15, 0.2) is 30.7 Å². The number of aromatic amines is 1. The third kappa shape index (κ3) is 2.37. The zero-order chi connectivity index (χ0) is 14.9. The summed E-state index contributed by atoms with van der Waals surface area (Å²) >= 11 is 0. The fourth-order valence-corrected chi connectivity index (χ4v) is 2.64. The van der Waals surface area contributed by atoms with Crippen molar-refractivity contribution in [1.29, 1.82) is 0 Å². The number of hydrogen-bond donors (Lipinski definition) is 2. The summed E-state index contributed by atoms with van der Waals surface area (Å²) in [6.07, 6.45) is 5.38. The van der Waals surface area contributed by atoms with Crippen molar-refractivity contribution in [3.05, 3.63) is 30.7 Å². The topological polar surface area (TPSA) is 77.4 Å². The van der Waals surface area contributed by atoms with E-state index in [0.29, 0.717) is 0 Å². The van der Waals surface area contributed by atoms with Crippen LogP contribution in [-0.2, 0) is 0 Å². The minimum Gasteiger partial charge on any atom is -0.354 e. The van der Waals surface area contributed by atoms with Crippen molar-refractivity contribution >= 4 is 23.2 Å². The Hall–Kier alpha value is -2.61. The van der Waals surface area contributed by atoms with E-state index in [1.807, 2.05) is 22.7 Å². The van der Waals surface area contributed by atoms with Crippen molar-refractivity contribution in [2.45, 2.75) is 0 Å². The van der Waals surface area contributed by atoms with Gasteiger partial charge in [0, 0.05) is 50.7 Å². The lowest BCUT2D eigenvalue weighted by Crippen LogP contribution is -2.44. The van der Waals surface area contributed by atoms with Crippen molar-refractivity contribution in [3.8, 4) is 0 Å². The summed E-state index contributed by atoms with van der Waals surface area (Å²) in [5.74, 6) is 2.49. The fraction of sp³-hybridized carbons (Fsp3) is 0.357. The van der Waals surface area contributed by atoms with Gasteiger partial charge in [-0.25, -0.2) is 4.98 Å². The summed E-state index contributed by atoms with van der Waals surface area (Å²) in [5.41, 5.74) is 0.881. The van der Waals surface area contributed by atoms with Crippen LogP contribution in [0.4, 0.5) is 17.6 Å². The number of nitrogens with zero attached hydrogens (tertiary/aromatic N) is 6. The first kappa shape index (κ1) is 13.1. The Morgan fingerprint density at radius 3 is 2.82 bits per heavy atom. The second-order valence-corrected chi connectivity index (χ2v) is 5.48. The first-order chi connectivity index (χ1) is 10.8. The van der Waals surface area contributed by atoms with Crippen LogP contribution in [0.1, 0.15) is 0 Å². The van der Waals surface area contributed by atoms with Crippen LogP contribution in [0, 0.1) is 0 Å². The van der Waals surface area contributed by atoms with Gasteiger partial charge in [-0.1, -0.05) is 0 Å². The molecule has 22 heavy (non-hydrogen) atoms. The van der Waals surface area contributed by atoms with E-state index >= 15 is 0 Å². The molecule has 2 N–H and O–H groups in total. The van der Waals surface area contributed by atoms with Crippen LogP contribution >= 0.6 is 0 Å². The fourth-order valence-electron chi connectivity index (χ4n) is 2.64. The number of anilines is 3. The molecule has 1 fully saturated rings. The molecular weight excluding hydrogens is 280 g/mol.